The topological polar surface area (TPSA) is 66.4 Å². The zero-order valence-electron chi connectivity index (χ0n) is 12.5. The number of rotatable bonds is 5. The van der Waals surface area contributed by atoms with Crippen LogP contribution in [-0.4, -0.2) is 22.7 Å². The van der Waals surface area contributed by atoms with Crippen molar-refractivity contribution in [3.63, 3.8) is 0 Å². The lowest BCUT2D eigenvalue weighted by Crippen LogP contribution is -2.22. The van der Waals surface area contributed by atoms with Gasteiger partial charge in [0.15, 0.2) is 0 Å². The quantitative estimate of drug-likeness (QED) is 0.865. The predicted molar refractivity (Wildman–Crippen MR) is 94.3 cm³/mol. The second-order valence-electron chi connectivity index (χ2n) is 5.38. The summed E-state index contributed by atoms with van der Waals surface area (Å²) in [6.45, 7) is 0. The summed E-state index contributed by atoms with van der Waals surface area (Å²) in [5, 5.41) is 13.6. The number of carbonyl (C=O) groups is 2. The Morgan fingerprint density at radius 1 is 1.22 bits per heavy atom. The van der Waals surface area contributed by atoms with Crippen molar-refractivity contribution in [2.24, 2.45) is 0 Å². The number of benzene rings is 1. The zero-order valence-corrected chi connectivity index (χ0v) is 14.1. The number of carbonyl (C=O) groups excluding carboxylic acids is 1. The Hall–Kier alpha value is -1.79. The zero-order chi connectivity index (χ0) is 16.2. The number of aryl methyl sites for hydroxylation is 2. The first-order valence-electron chi connectivity index (χ1n) is 7.43. The minimum Gasteiger partial charge on any atom is -0.481 e. The smallest absolute Gasteiger partial charge is 0.303 e. The molecule has 0 spiro atoms. The van der Waals surface area contributed by atoms with Gasteiger partial charge in [-0.1, -0.05) is 12.1 Å². The highest BCUT2D eigenvalue weighted by atomic mass is 32.2. The summed E-state index contributed by atoms with van der Waals surface area (Å²) >= 11 is 3.40. The molecule has 2 heterocycles. The number of nitrogens with one attached hydrogen (secondary N) is 1. The van der Waals surface area contributed by atoms with Crippen LogP contribution in [0.1, 0.15) is 27.7 Å². The molecular weight excluding hydrogens is 330 g/mol. The van der Waals surface area contributed by atoms with Gasteiger partial charge in [-0.2, -0.15) is 0 Å². The second-order valence-corrected chi connectivity index (χ2v) is 7.59. The SMILES string of the molecule is O=C(O)CCc1ccc(NC(=O)C2SCCc3sccc32)cc1. The Morgan fingerprint density at radius 2 is 2.00 bits per heavy atom. The lowest BCUT2D eigenvalue weighted by Gasteiger charge is -2.21. The summed E-state index contributed by atoms with van der Waals surface area (Å²) in [7, 11) is 0. The van der Waals surface area contributed by atoms with E-state index in [1.165, 1.54) is 4.88 Å². The van der Waals surface area contributed by atoms with Gasteiger partial charge < -0.3 is 10.4 Å². The largest absolute Gasteiger partial charge is 0.481 e. The number of hydrogen-bond acceptors (Lipinski definition) is 4. The molecule has 4 nitrogen and oxygen atoms in total. The molecule has 1 amide bonds. The van der Waals surface area contributed by atoms with Crippen molar-refractivity contribution < 1.29 is 14.7 Å². The van der Waals surface area contributed by atoms with Gasteiger partial charge in [0.25, 0.3) is 0 Å². The fourth-order valence-corrected chi connectivity index (χ4v) is 4.87. The highest BCUT2D eigenvalue weighted by molar-refractivity contribution is 8.00. The Bertz CT molecular complexity index is 709. The first-order valence-corrected chi connectivity index (χ1v) is 9.36. The van der Waals surface area contributed by atoms with Gasteiger partial charge in [0.05, 0.1) is 0 Å². The van der Waals surface area contributed by atoms with E-state index >= 15 is 0 Å². The first-order chi connectivity index (χ1) is 11.1. The summed E-state index contributed by atoms with van der Waals surface area (Å²) < 4.78 is 0. The molecule has 1 atom stereocenters. The van der Waals surface area contributed by atoms with Crippen LogP contribution < -0.4 is 5.32 Å². The van der Waals surface area contributed by atoms with Crippen LogP contribution >= 0.6 is 23.1 Å². The molecule has 23 heavy (non-hydrogen) atoms. The number of carboxylic acid groups (broad SMARTS) is 1. The van der Waals surface area contributed by atoms with Crippen LogP contribution in [0.25, 0.3) is 0 Å². The number of hydrogen-bond donors (Lipinski definition) is 2. The molecule has 1 unspecified atom stereocenters. The van der Waals surface area contributed by atoms with Gasteiger partial charge in [0.1, 0.15) is 5.25 Å². The van der Waals surface area contributed by atoms with E-state index in [0.29, 0.717) is 6.42 Å². The van der Waals surface area contributed by atoms with Crippen LogP contribution in [0.15, 0.2) is 35.7 Å². The Labute approximate surface area is 142 Å². The molecule has 6 heteroatoms. The summed E-state index contributed by atoms with van der Waals surface area (Å²) in [5.74, 6) is 0.176. The summed E-state index contributed by atoms with van der Waals surface area (Å²) in [5.41, 5.74) is 2.84. The Kier molecular flexibility index (Phi) is 5.03. The van der Waals surface area contributed by atoms with Crippen molar-refractivity contribution in [3.05, 3.63) is 51.7 Å². The number of carboxylic acids is 1. The Balaban J connectivity index is 1.64. The molecule has 3 rings (SSSR count). The first kappa shape index (κ1) is 16.1. The molecule has 0 radical (unpaired) electrons. The average Bonchev–Trinajstić information content (AvgIpc) is 3.02. The van der Waals surface area contributed by atoms with E-state index in [4.69, 9.17) is 5.11 Å². The van der Waals surface area contributed by atoms with E-state index in [0.717, 1.165) is 29.0 Å². The van der Waals surface area contributed by atoms with Crippen LogP contribution in [0.2, 0.25) is 0 Å². The molecule has 0 bridgehead atoms. The van der Waals surface area contributed by atoms with E-state index in [2.05, 4.69) is 5.32 Å². The van der Waals surface area contributed by atoms with Gasteiger partial charge in [-0.15, -0.1) is 23.1 Å². The molecule has 1 aliphatic heterocycles. The van der Waals surface area contributed by atoms with Gasteiger partial charge in [-0.05, 0) is 53.3 Å². The third-order valence-corrected chi connectivity index (χ3v) is 6.00. The maximum absolute atomic E-state index is 12.5. The molecule has 0 fully saturated rings. The standard InChI is InChI=1S/C17H17NO3S2/c19-15(20)6-3-11-1-4-12(5-2-11)18-17(21)16-13-7-9-22-14(13)8-10-23-16/h1-2,4-5,7,9,16H,3,6,8,10H2,(H,18,21)(H,19,20). The number of thiophene rings is 1. The third kappa shape index (κ3) is 3.95. The normalized spacial score (nSPS) is 16.6. The fourth-order valence-electron chi connectivity index (χ4n) is 2.58. The molecule has 1 aromatic heterocycles. The van der Waals surface area contributed by atoms with Crippen LogP contribution in [0.3, 0.4) is 0 Å². The Morgan fingerprint density at radius 3 is 2.74 bits per heavy atom. The monoisotopic (exact) mass is 347 g/mol. The third-order valence-electron chi connectivity index (χ3n) is 3.76. The van der Waals surface area contributed by atoms with Gasteiger partial charge in [0, 0.05) is 17.0 Å². The lowest BCUT2D eigenvalue weighted by atomic mass is 10.1. The van der Waals surface area contributed by atoms with Crippen molar-refractivity contribution in [2.45, 2.75) is 24.5 Å². The molecule has 120 valence electrons. The maximum atomic E-state index is 12.5. The average molecular weight is 347 g/mol. The number of thioether (sulfide) groups is 1. The predicted octanol–water partition coefficient (Wildman–Crippen LogP) is 3.73. The highest BCUT2D eigenvalue weighted by Gasteiger charge is 2.27. The summed E-state index contributed by atoms with van der Waals surface area (Å²) in [4.78, 5) is 24.4. The minimum atomic E-state index is -0.803. The van der Waals surface area contributed by atoms with Crippen molar-refractivity contribution in [1.82, 2.24) is 0 Å². The maximum Gasteiger partial charge on any atom is 0.303 e. The minimum absolute atomic E-state index is 0.00707. The molecule has 2 aromatic rings. The van der Waals surface area contributed by atoms with E-state index in [9.17, 15) is 9.59 Å². The number of anilines is 1. The van der Waals surface area contributed by atoms with E-state index in [1.54, 1.807) is 23.1 Å². The number of aliphatic carboxylic acids is 1. The van der Waals surface area contributed by atoms with Crippen LogP contribution in [0.5, 0.6) is 0 Å². The van der Waals surface area contributed by atoms with Gasteiger partial charge in [-0.25, -0.2) is 0 Å². The van der Waals surface area contributed by atoms with Crippen LogP contribution in [-0.2, 0) is 22.4 Å². The molecule has 1 aromatic carbocycles. The highest BCUT2D eigenvalue weighted by Crippen LogP contribution is 2.39. The van der Waals surface area contributed by atoms with E-state index in [1.807, 2.05) is 35.7 Å². The number of amides is 1. The van der Waals surface area contributed by atoms with Crippen LogP contribution in [0, 0.1) is 0 Å². The van der Waals surface area contributed by atoms with Gasteiger partial charge >= 0.3 is 5.97 Å². The van der Waals surface area contributed by atoms with E-state index < -0.39 is 5.97 Å². The van der Waals surface area contributed by atoms with Crippen molar-refractivity contribution in [2.75, 3.05) is 11.1 Å². The van der Waals surface area contributed by atoms with E-state index in [-0.39, 0.29) is 17.6 Å². The molecule has 0 saturated carbocycles. The molecular formula is C17H17NO3S2. The second kappa shape index (κ2) is 7.19. The summed E-state index contributed by atoms with van der Waals surface area (Å²) in [6, 6.07) is 9.44. The molecule has 1 aliphatic rings. The lowest BCUT2D eigenvalue weighted by molar-refractivity contribution is -0.137. The summed E-state index contributed by atoms with van der Waals surface area (Å²) in [6.07, 6.45) is 1.66. The fraction of sp³-hybridized carbons (Fsp3) is 0.294. The van der Waals surface area contributed by atoms with Crippen molar-refractivity contribution in [1.29, 1.82) is 0 Å². The van der Waals surface area contributed by atoms with Crippen molar-refractivity contribution in [3.8, 4) is 0 Å². The molecule has 0 saturated heterocycles. The number of fused-ring (bicyclic) bond motifs is 1. The van der Waals surface area contributed by atoms with Gasteiger partial charge in [0.2, 0.25) is 5.91 Å². The van der Waals surface area contributed by atoms with Gasteiger partial charge in [-0.3, -0.25) is 9.59 Å². The molecule has 2 N–H and O–H groups in total. The molecule has 0 aliphatic carbocycles. The van der Waals surface area contributed by atoms with Crippen LogP contribution in [0.4, 0.5) is 5.69 Å². The van der Waals surface area contributed by atoms with Crippen molar-refractivity contribution >= 4 is 40.7 Å².